The highest BCUT2D eigenvalue weighted by molar-refractivity contribution is 5.99. The van der Waals surface area contributed by atoms with E-state index in [1.54, 1.807) is 24.3 Å². The molecular formula is C18H23NO4. The highest BCUT2D eigenvalue weighted by Gasteiger charge is 2.27. The molecule has 0 heterocycles. The van der Waals surface area contributed by atoms with Crippen molar-refractivity contribution in [3.63, 3.8) is 0 Å². The summed E-state index contributed by atoms with van der Waals surface area (Å²) in [4.78, 5) is 35.5. The van der Waals surface area contributed by atoms with Gasteiger partial charge in [-0.2, -0.15) is 0 Å². The van der Waals surface area contributed by atoms with E-state index in [4.69, 9.17) is 4.74 Å². The topological polar surface area (TPSA) is 72.5 Å². The number of benzene rings is 1. The Morgan fingerprint density at radius 2 is 1.74 bits per heavy atom. The molecule has 2 rings (SSSR count). The molecule has 1 aromatic carbocycles. The van der Waals surface area contributed by atoms with Crippen LogP contribution in [0.15, 0.2) is 24.3 Å². The number of carbonyl (C=O) groups excluding carboxylic acids is 3. The second kappa shape index (κ2) is 6.94. The van der Waals surface area contributed by atoms with Crippen molar-refractivity contribution in [1.29, 1.82) is 0 Å². The Bertz CT molecular complexity index is 594. The highest BCUT2D eigenvalue weighted by Crippen LogP contribution is 2.27. The van der Waals surface area contributed by atoms with Gasteiger partial charge in [-0.1, -0.05) is 27.2 Å². The second-order valence-corrected chi connectivity index (χ2v) is 6.94. The molecule has 23 heavy (non-hydrogen) atoms. The predicted molar refractivity (Wildman–Crippen MR) is 87.2 cm³/mol. The van der Waals surface area contributed by atoms with Gasteiger partial charge in [-0.15, -0.1) is 0 Å². The summed E-state index contributed by atoms with van der Waals surface area (Å²) in [5.41, 5.74) is 0.609. The first-order valence-corrected chi connectivity index (χ1v) is 7.89. The summed E-state index contributed by atoms with van der Waals surface area (Å²) < 4.78 is 5.04. The maximum atomic E-state index is 12.0. The molecule has 0 unspecified atom stereocenters. The Morgan fingerprint density at radius 3 is 2.22 bits per heavy atom. The van der Waals surface area contributed by atoms with Gasteiger partial charge in [0, 0.05) is 16.7 Å². The highest BCUT2D eigenvalue weighted by atomic mass is 16.5. The van der Waals surface area contributed by atoms with Crippen molar-refractivity contribution in [2.45, 2.75) is 40.0 Å². The van der Waals surface area contributed by atoms with Crippen molar-refractivity contribution in [1.82, 2.24) is 0 Å². The lowest BCUT2D eigenvalue weighted by molar-refractivity contribution is -0.150. The average Bonchev–Trinajstić information content (AvgIpc) is 2.42. The lowest BCUT2D eigenvalue weighted by Gasteiger charge is -2.22. The zero-order chi connectivity index (χ0) is 17.0. The summed E-state index contributed by atoms with van der Waals surface area (Å²) in [6.45, 7) is 5.26. The third-order valence-electron chi connectivity index (χ3n) is 3.93. The normalized spacial score (nSPS) is 14.7. The summed E-state index contributed by atoms with van der Waals surface area (Å²) in [5, 5.41) is 2.79. The number of Topliss-reactive ketones (excluding diaryl/α,β-unsaturated/α-hetero) is 1. The third kappa shape index (κ3) is 4.65. The van der Waals surface area contributed by atoms with Crippen LogP contribution < -0.4 is 5.32 Å². The maximum Gasteiger partial charge on any atom is 0.309 e. The van der Waals surface area contributed by atoms with Crippen molar-refractivity contribution < 1.29 is 19.1 Å². The molecule has 0 atom stereocenters. The van der Waals surface area contributed by atoms with Crippen molar-refractivity contribution >= 4 is 23.3 Å². The van der Waals surface area contributed by atoms with Crippen molar-refractivity contribution in [2.75, 3.05) is 11.9 Å². The van der Waals surface area contributed by atoms with Crippen LogP contribution in [-0.4, -0.2) is 24.3 Å². The number of nitrogens with one attached hydrogen (secondary N) is 1. The molecule has 1 saturated carbocycles. The average molecular weight is 317 g/mol. The minimum absolute atomic E-state index is 0.0298. The number of rotatable bonds is 5. The van der Waals surface area contributed by atoms with E-state index < -0.39 is 5.41 Å². The number of hydrogen-bond acceptors (Lipinski definition) is 4. The van der Waals surface area contributed by atoms with Gasteiger partial charge < -0.3 is 10.1 Å². The van der Waals surface area contributed by atoms with Crippen molar-refractivity contribution in [3.05, 3.63) is 29.8 Å². The molecule has 0 spiro atoms. The quantitative estimate of drug-likeness (QED) is 0.668. The monoisotopic (exact) mass is 317 g/mol. The molecule has 1 fully saturated rings. The molecule has 1 aliphatic rings. The second-order valence-electron chi connectivity index (χ2n) is 6.94. The van der Waals surface area contributed by atoms with E-state index in [0.29, 0.717) is 11.3 Å². The third-order valence-corrected chi connectivity index (χ3v) is 3.93. The van der Waals surface area contributed by atoms with Crippen LogP contribution in [0, 0.1) is 11.3 Å². The fourth-order valence-corrected chi connectivity index (χ4v) is 2.04. The van der Waals surface area contributed by atoms with E-state index in [1.807, 2.05) is 20.8 Å². The van der Waals surface area contributed by atoms with Gasteiger partial charge >= 0.3 is 5.97 Å². The first kappa shape index (κ1) is 17.2. The van der Waals surface area contributed by atoms with Crippen molar-refractivity contribution in [3.8, 4) is 0 Å². The van der Waals surface area contributed by atoms with Crippen LogP contribution in [0.3, 0.4) is 0 Å². The van der Waals surface area contributed by atoms with Crippen LogP contribution >= 0.6 is 0 Å². The molecule has 124 valence electrons. The molecule has 5 heteroatoms. The van der Waals surface area contributed by atoms with E-state index >= 15 is 0 Å². The van der Waals surface area contributed by atoms with E-state index in [1.165, 1.54) is 0 Å². The minimum Gasteiger partial charge on any atom is -0.457 e. The van der Waals surface area contributed by atoms with Gasteiger partial charge in [-0.3, -0.25) is 14.4 Å². The van der Waals surface area contributed by atoms with Gasteiger partial charge in [0.25, 0.3) is 0 Å². The van der Waals surface area contributed by atoms with Crippen LogP contribution in [0.2, 0.25) is 0 Å². The van der Waals surface area contributed by atoms with Gasteiger partial charge in [-0.05, 0) is 37.1 Å². The largest absolute Gasteiger partial charge is 0.457 e. The zero-order valence-electron chi connectivity index (χ0n) is 13.8. The number of hydrogen-bond donors (Lipinski definition) is 1. The van der Waals surface area contributed by atoms with Gasteiger partial charge in [0.05, 0.1) is 5.92 Å². The molecule has 1 N–H and O–H groups in total. The molecule has 0 bridgehead atoms. The van der Waals surface area contributed by atoms with Crippen LogP contribution in [0.25, 0.3) is 0 Å². The van der Waals surface area contributed by atoms with Crippen molar-refractivity contribution in [2.24, 2.45) is 11.3 Å². The SMILES string of the molecule is CC(C)(C)C(=O)Nc1ccc(C(=O)COC(=O)C2CCC2)cc1. The zero-order valence-corrected chi connectivity index (χ0v) is 13.8. The van der Waals surface area contributed by atoms with E-state index in [-0.39, 0.29) is 30.2 Å². The number of amides is 1. The standard InChI is InChI=1S/C18H23NO4/c1-18(2,3)17(22)19-14-9-7-12(8-10-14)15(20)11-23-16(21)13-5-4-6-13/h7-10,13H,4-6,11H2,1-3H3,(H,19,22). The lowest BCUT2D eigenvalue weighted by atomic mass is 9.86. The van der Waals surface area contributed by atoms with E-state index in [0.717, 1.165) is 19.3 Å². The summed E-state index contributed by atoms with van der Waals surface area (Å²) in [6.07, 6.45) is 2.76. The molecule has 0 aliphatic heterocycles. The number of anilines is 1. The number of ether oxygens (including phenoxy) is 1. The van der Waals surface area contributed by atoms with Gasteiger partial charge in [0.1, 0.15) is 0 Å². The smallest absolute Gasteiger partial charge is 0.309 e. The molecule has 0 saturated heterocycles. The van der Waals surface area contributed by atoms with Gasteiger partial charge in [-0.25, -0.2) is 0 Å². The fraction of sp³-hybridized carbons (Fsp3) is 0.500. The summed E-state index contributed by atoms with van der Waals surface area (Å²) in [5.74, 6) is -0.645. The molecule has 5 nitrogen and oxygen atoms in total. The predicted octanol–water partition coefficient (Wildman–Crippen LogP) is 3.20. The molecule has 0 radical (unpaired) electrons. The van der Waals surface area contributed by atoms with Crippen LogP contribution in [0.1, 0.15) is 50.4 Å². The fourth-order valence-electron chi connectivity index (χ4n) is 2.04. The Morgan fingerprint density at radius 1 is 1.13 bits per heavy atom. The Hall–Kier alpha value is -2.17. The molecule has 1 aromatic rings. The summed E-state index contributed by atoms with van der Waals surface area (Å²) in [6, 6.07) is 6.59. The van der Waals surface area contributed by atoms with Gasteiger partial charge in [0.2, 0.25) is 5.91 Å². The summed E-state index contributed by atoms with van der Waals surface area (Å²) >= 11 is 0. The van der Waals surface area contributed by atoms with Gasteiger partial charge in [0.15, 0.2) is 12.4 Å². The maximum absolute atomic E-state index is 12.0. The van der Waals surface area contributed by atoms with E-state index in [9.17, 15) is 14.4 Å². The van der Waals surface area contributed by atoms with E-state index in [2.05, 4.69) is 5.32 Å². The molecule has 1 amide bonds. The van der Waals surface area contributed by atoms with Crippen LogP contribution in [0.5, 0.6) is 0 Å². The van der Waals surface area contributed by atoms with Crippen LogP contribution in [0.4, 0.5) is 5.69 Å². The number of ketones is 1. The minimum atomic E-state index is -0.482. The van der Waals surface area contributed by atoms with Crippen LogP contribution in [-0.2, 0) is 14.3 Å². The molecular weight excluding hydrogens is 294 g/mol. The first-order valence-electron chi connectivity index (χ1n) is 7.89. The Balaban J connectivity index is 1.87. The lowest BCUT2D eigenvalue weighted by Crippen LogP contribution is -2.27. The number of esters is 1. The first-order chi connectivity index (χ1) is 10.8. The molecule has 0 aromatic heterocycles. The molecule has 1 aliphatic carbocycles. The number of carbonyl (C=O) groups is 3. The Labute approximate surface area is 136 Å². The summed E-state index contributed by atoms with van der Waals surface area (Å²) in [7, 11) is 0. The Kier molecular flexibility index (Phi) is 5.19.